The number of benzene rings is 3. The molecule has 7 aromatic rings. The molecule has 0 bridgehead atoms. The van der Waals surface area contributed by atoms with E-state index in [1.807, 2.05) is 39.8 Å². The summed E-state index contributed by atoms with van der Waals surface area (Å²) >= 11 is 1.57. The van der Waals surface area contributed by atoms with E-state index < -0.39 is 52.1 Å². The Hall–Kier alpha value is -7.27. The number of ether oxygens (including phenoxy) is 5. The lowest BCUT2D eigenvalue weighted by atomic mass is 9.86. The van der Waals surface area contributed by atoms with Crippen LogP contribution in [0.15, 0.2) is 110 Å². The molecule has 2 aliphatic heterocycles. The van der Waals surface area contributed by atoms with Gasteiger partial charge in [0.2, 0.25) is 18.2 Å². The maximum atomic E-state index is 12.9. The number of esters is 3. The summed E-state index contributed by atoms with van der Waals surface area (Å²) in [5.41, 5.74) is 9.42. The van der Waals surface area contributed by atoms with Crippen LogP contribution in [0.1, 0.15) is 91.7 Å². The number of rotatable bonds is 9. The molecule has 4 aromatic heterocycles. The van der Waals surface area contributed by atoms with Crippen LogP contribution in [0.2, 0.25) is 0 Å². The quantitative estimate of drug-likeness (QED) is 0.0847. The summed E-state index contributed by atoms with van der Waals surface area (Å²) in [7, 11) is 0. The van der Waals surface area contributed by atoms with Gasteiger partial charge in [-0.3, -0.25) is 38.7 Å². The van der Waals surface area contributed by atoms with Crippen molar-refractivity contribution in [3.63, 3.8) is 0 Å². The number of H-pyrrole nitrogens is 3. The number of hydrogen-bond acceptors (Lipinski definition) is 18. The molecule has 20 nitrogen and oxygen atoms in total. The second-order valence-corrected chi connectivity index (χ2v) is 18.5. The number of nitrogens with zero attached hydrogens (tertiary/aromatic N) is 3. The average molecular weight is 983 g/mol. The maximum absolute atomic E-state index is 12.9. The van der Waals surface area contributed by atoms with Crippen molar-refractivity contribution in [1.82, 2.24) is 29.5 Å². The van der Waals surface area contributed by atoms with Gasteiger partial charge in [0.1, 0.15) is 9.40 Å². The van der Waals surface area contributed by atoms with Crippen LogP contribution in [0.3, 0.4) is 0 Å². The summed E-state index contributed by atoms with van der Waals surface area (Å²) < 4.78 is 31.2. The number of thiazole rings is 2. The highest BCUT2D eigenvalue weighted by Crippen LogP contribution is 2.47. The number of carbonyl (C=O) groups is 3. The molecule has 0 aliphatic carbocycles. The lowest BCUT2D eigenvalue weighted by Gasteiger charge is -2.33. The number of aromatic amines is 3. The summed E-state index contributed by atoms with van der Waals surface area (Å²) in [6.07, 6.45) is -0.989. The third-order valence-corrected chi connectivity index (χ3v) is 14.0. The van der Waals surface area contributed by atoms with Gasteiger partial charge in [-0.15, -0.1) is 0 Å². The lowest BCUT2D eigenvalue weighted by Crippen LogP contribution is -2.46. The van der Waals surface area contributed by atoms with Gasteiger partial charge in [-0.05, 0) is 63.1 Å². The molecule has 0 saturated carbocycles. The van der Waals surface area contributed by atoms with Gasteiger partial charge in [0.05, 0.1) is 28.9 Å². The summed E-state index contributed by atoms with van der Waals surface area (Å²) in [5, 5.41) is 0. The lowest BCUT2D eigenvalue weighted by molar-refractivity contribution is -0.169. The zero-order valence-corrected chi connectivity index (χ0v) is 39.9. The molecule has 2 fully saturated rings. The Labute approximate surface area is 400 Å². The van der Waals surface area contributed by atoms with Crippen molar-refractivity contribution in [3.05, 3.63) is 148 Å². The number of fused-ring (bicyclic) bond motifs is 2. The van der Waals surface area contributed by atoms with E-state index in [1.54, 1.807) is 92.7 Å². The first-order chi connectivity index (χ1) is 32.9. The van der Waals surface area contributed by atoms with E-state index in [9.17, 15) is 33.6 Å². The molecular formula is C47H50N8O12S2. The second-order valence-electron chi connectivity index (χ2n) is 16.6. The van der Waals surface area contributed by atoms with Crippen molar-refractivity contribution in [3.8, 4) is 0 Å². The van der Waals surface area contributed by atoms with E-state index in [0.29, 0.717) is 23.1 Å². The summed E-state index contributed by atoms with van der Waals surface area (Å²) in [5.74, 6) is -1.96. The number of hydrogen-bond donors (Lipinski definition) is 5. The minimum atomic E-state index is -1.18. The fraction of sp³-hybridized carbons (Fsp3) is 0.340. The number of carbonyl (C=O) groups excluding carboxylic acids is 3. The molecule has 0 amide bonds. The van der Waals surface area contributed by atoms with Crippen LogP contribution in [0.5, 0.6) is 0 Å². The molecule has 2 saturated heterocycles. The van der Waals surface area contributed by atoms with Crippen LogP contribution in [0.25, 0.3) is 20.7 Å². The Kier molecular flexibility index (Phi) is 14.8. The first-order valence-electron chi connectivity index (χ1n) is 21.8. The molecule has 69 heavy (non-hydrogen) atoms. The van der Waals surface area contributed by atoms with E-state index in [1.165, 1.54) is 4.57 Å². The minimum absolute atomic E-state index is 0.00144. The predicted octanol–water partition coefficient (Wildman–Crippen LogP) is 5.77. The molecule has 0 spiro atoms. The number of anilines is 2. The van der Waals surface area contributed by atoms with Crippen molar-refractivity contribution >= 4 is 73.2 Å². The highest BCUT2D eigenvalue weighted by atomic mass is 32.1. The third-order valence-electron chi connectivity index (χ3n) is 12.2. The van der Waals surface area contributed by atoms with Crippen LogP contribution in [-0.4, -0.2) is 77.1 Å². The Bertz CT molecular complexity index is 3210. The third kappa shape index (κ3) is 10.3. The Morgan fingerprint density at radius 2 is 1.12 bits per heavy atom. The molecular weight excluding hydrogens is 933 g/mol. The highest BCUT2D eigenvalue weighted by molar-refractivity contribution is 7.16. The maximum Gasteiger partial charge on any atom is 0.340 e. The molecule has 0 radical (unpaired) electrons. The van der Waals surface area contributed by atoms with E-state index in [-0.39, 0.29) is 67.1 Å². The van der Waals surface area contributed by atoms with Gasteiger partial charge < -0.3 is 35.2 Å². The largest absolute Gasteiger partial charge is 0.451 e. The fourth-order valence-electron chi connectivity index (χ4n) is 8.09. The topological polar surface area (TPSA) is 296 Å². The second kappa shape index (κ2) is 20.5. The van der Waals surface area contributed by atoms with Crippen LogP contribution in [-0.2, 0) is 23.7 Å². The van der Waals surface area contributed by atoms with Gasteiger partial charge in [0.15, 0.2) is 28.7 Å². The van der Waals surface area contributed by atoms with Crippen molar-refractivity contribution < 1.29 is 38.1 Å². The number of nitrogens with two attached hydrogens (primary N) is 2. The first kappa shape index (κ1) is 49.6. The molecule has 22 heteroatoms. The number of nitrogen functional groups attached to an aromatic ring is 2. The summed E-state index contributed by atoms with van der Waals surface area (Å²) in [4.78, 5) is 99.2. The molecule has 1 unspecified atom stereocenters. The predicted molar refractivity (Wildman–Crippen MR) is 258 cm³/mol. The minimum Gasteiger partial charge on any atom is -0.451 e. The Morgan fingerprint density at radius 1 is 0.652 bits per heavy atom. The zero-order chi connectivity index (χ0) is 49.8. The van der Waals surface area contributed by atoms with E-state index in [0.717, 1.165) is 29.1 Å². The van der Waals surface area contributed by atoms with Crippen molar-refractivity contribution in [2.45, 2.75) is 90.3 Å². The van der Waals surface area contributed by atoms with E-state index in [4.69, 9.17) is 35.2 Å². The monoisotopic (exact) mass is 982 g/mol. The van der Waals surface area contributed by atoms with Gasteiger partial charge >= 0.3 is 27.7 Å². The molecule has 7 N–H and O–H groups in total. The van der Waals surface area contributed by atoms with Crippen molar-refractivity contribution in [2.75, 3.05) is 11.5 Å². The van der Waals surface area contributed by atoms with Crippen LogP contribution in [0.4, 0.5) is 11.9 Å². The van der Waals surface area contributed by atoms with Gasteiger partial charge in [0.25, 0.3) is 11.1 Å². The number of aromatic nitrogens is 6. The number of nitrogens with one attached hydrogen (secondary N) is 3. The van der Waals surface area contributed by atoms with Gasteiger partial charge in [-0.25, -0.2) is 14.4 Å². The van der Waals surface area contributed by atoms with Crippen molar-refractivity contribution in [2.24, 2.45) is 11.8 Å². The van der Waals surface area contributed by atoms with Gasteiger partial charge in [0, 0.05) is 11.8 Å². The molecule has 6 heterocycles. The SMILES string of the molecule is CC[C@H]1OC(OC(=O)c2ccccc2)[C@](C)(OC(=O)c2ccccc2)[C@@H]1C.CC[C@H]1O[C@@H](n2c(=O)sc3c(=O)[nH]c(N)nc32)[C@](C)(OC(=O)c2ccccc2)[C@@H]1C.Nc1nc2[nH]c(=O)sc2c(=O)[nH]1. The van der Waals surface area contributed by atoms with E-state index in [2.05, 4.69) is 24.9 Å². The zero-order valence-electron chi connectivity index (χ0n) is 38.3. The molecule has 2 aliphatic rings. The normalized spacial score (nSPS) is 23.9. The molecule has 8 atom stereocenters. The summed E-state index contributed by atoms with van der Waals surface area (Å²) in [6, 6.07) is 26.1. The van der Waals surface area contributed by atoms with Crippen LogP contribution < -0.4 is 32.3 Å². The highest BCUT2D eigenvalue weighted by Gasteiger charge is 2.57. The first-order valence-corrected chi connectivity index (χ1v) is 23.4. The van der Waals surface area contributed by atoms with Crippen molar-refractivity contribution in [1.29, 1.82) is 0 Å². The smallest absolute Gasteiger partial charge is 0.340 e. The average Bonchev–Trinajstić information content (AvgIpc) is 4.02. The Morgan fingerprint density at radius 3 is 1.65 bits per heavy atom. The van der Waals surface area contributed by atoms with Crippen LogP contribution in [0, 0.1) is 11.8 Å². The van der Waals surface area contributed by atoms with Gasteiger partial charge in [-0.2, -0.15) is 9.97 Å². The standard InChI is InChI=1S/C22H24O5.C20H22N4O5S.C5H4N4O2S/c1-4-18-15(2)22(3,27-20(24)17-13-9-6-10-14-17)21(25-18)26-19(23)16-11-7-5-8-12-16;1-4-12-10(2)20(3,29-16(26)11-8-6-5-7-9-11)17(28-12)24-14-13(30-19(24)27)15(25)23-18(21)22-14;6-4-7-2-1(3(10)9-4)12-5(11)8-2/h5-15,18,21H,4H2,1-3H3;5-10,12,17H,4H2,1-3H3,(H3,21,22,23,25);(H4,6,7,8,9,10,11)/t15-,18-,21?,22-;10-,12-,17-,20-;/m11./s1. The molecule has 3 aromatic carbocycles. The fourth-order valence-corrected chi connectivity index (χ4v) is 9.59. The summed E-state index contributed by atoms with van der Waals surface area (Å²) in [6.45, 7) is 11.3. The molecule has 362 valence electrons. The van der Waals surface area contributed by atoms with Gasteiger partial charge in [-0.1, -0.05) is 105 Å². The Balaban J connectivity index is 0.000000165. The molecule has 9 rings (SSSR count). The van der Waals surface area contributed by atoms with E-state index >= 15 is 0 Å². The van der Waals surface area contributed by atoms with Crippen LogP contribution >= 0.6 is 22.7 Å².